The second-order valence-electron chi connectivity index (χ2n) is 4.76. The van der Waals surface area contributed by atoms with Crippen molar-refractivity contribution in [2.75, 3.05) is 25.0 Å². The highest BCUT2D eigenvalue weighted by Crippen LogP contribution is 2.09. The Bertz CT molecular complexity index is 443. The number of rotatable bonds is 6. The fourth-order valence-electron chi connectivity index (χ4n) is 1.41. The molecule has 0 aliphatic carbocycles. The average Bonchev–Trinajstić information content (AvgIpc) is 2.36. The Hall–Kier alpha value is -2.11. The maximum absolute atomic E-state index is 11.6. The van der Waals surface area contributed by atoms with Gasteiger partial charge in [0.1, 0.15) is 5.82 Å². The Kier molecular flexibility index (Phi) is 5.29. The zero-order valence-corrected chi connectivity index (χ0v) is 11.4. The first-order chi connectivity index (χ1) is 8.90. The van der Waals surface area contributed by atoms with Gasteiger partial charge in [-0.1, -0.05) is 13.8 Å². The number of carboxylic acids is 1. The van der Waals surface area contributed by atoms with Gasteiger partial charge in [0.15, 0.2) is 0 Å². The van der Waals surface area contributed by atoms with Crippen LogP contribution in [0.4, 0.5) is 5.82 Å². The Morgan fingerprint density at radius 3 is 2.58 bits per heavy atom. The second-order valence-corrected chi connectivity index (χ2v) is 4.76. The molecule has 0 bridgehead atoms. The lowest BCUT2D eigenvalue weighted by Crippen LogP contribution is -2.37. The Labute approximate surface area is 112 Å². The molecule has 0 saturated heterocycles. The molecule has 6 nitrogen and oxygen atoms in total. The summed E-state index contributed by atoms with van der Waals surface area (Å²) in [4.78, 5) is 28.0. The van der Waals surface area contributed by atoms with E-state index in [1.54, 1.807) is 18.0 Å². The van der Waals surface area contributed by atoms with Crippen LogP contribution in [0.5, 0.6) is 0 Å². The van der Waals surface area contributed by atoms with E-state index in [9.17, 15) is 9.59 Å². The van der Waals surface area contributed by atoms with Crippen molar-refractivity contribution in [1.29, 1.82) is 0 Å². The summed E-state index contributed by atoms with van der Waals surface area (Å²) < 4.78 is 0. The minimum Gasteiger partial charge on any atom is -0.478 e. The van der Waals surface area contributed by atoms with Gasteiger partial charge in [-0.15, -0.1) is 0 Å². The zero-order valence-electron chi connectivity index (χ0n) is 11.4. The first-order valence-electron chi connectivity index (χ1n) is 6.07. The molecule has 1 aromatic heterocycles. The largest absolute Gasteiger partial charge is 0.478 e. The van der Waals surface area contributed by atoms with Gasteiger partial charge < -0.3 is 15.3 Å². The summed E-state index contributed by atoms with van der Waals surface area (Å²) >= 11 is 0. The Balaban J connectivity index is 2.55. The van der Waals surface area contributed by atoms with Crippen molar-refractivity contribution < 1.29 is 14.7 Å². The number of amides is 1. The van der Waals surface area contributed by atoms with Crippen molar-refractivity contribution in [2.24, 2.45) is 5.92 Å². The minimum atomic E-state index is -1.02. The molecular weight excluding hydrogens is 246 g/mol. The smallest absolute Gasteiger partial charge is 0.337 e. The van der Waals surface area contributed by atoms with Crippen LogP contribution >= 0.6 is 0 Å². The number of carboxylic acid groups (broad SMARTS) is 1. The van der Waals surface area contributed by atoms with Gasteiger partial charge in [0.2, 0.25) is 5.91 Å². The average molecular weight is 265 g/mol. The molecule has 6 heteroatoms. The van der Waals surface area contributed by atoms with E-state index in [-0.39, 0.29) is 18.0 Å². The van der Waals surface area contributed by atoms with Crippen LogP contribution in [0.3, 0.4) is 0 Å². The molecule has 1 rings (SSSR count). The van der Waals surface area contributed by atoms with E-state index in [1.807, 2.05) is 13.8 Å². The summed E-state index contributed by atoms with van der Waals surface area (Å²) in [6.45, 7) is 4.87. The molecule has 1 aromatic rings. The molecule has 0 aromatic carbocycles. The number of nitrogens with zero attached hydrogens (tertiary/aromatic N) is 2. The number of hydrogen-bond acceptors (Lipinski definition) is 4. The maximum atomic E-state index is 11.6. The van der Waals surface area contributed by atoms with Gasteiger partial charge in [0.25, 0.3) is 0 Å². The van der Waals surface area contributed by atoms with Crippen LogP contribution in [-0.2, 0) is 4.79 Å². The second kappa shape index (κ2) is 6.72. The van der Waals surface area contributed by atoms with Gasteiger partial charge in [-0.3, -0.25) is 4.79 Å². The molecular formula is C13H19N3O3. The number of likely N-dealkylation sites (N-methyl/N-ethyl adjacent to an activating group) is 1. The molecule has 0 aliphatic rings. The third kappa shape index (κ3) is 4.95. The summed E-state index contributed by atoms with van der Waals surface area (Å²) in [7, 11) is 1.73. The number of anilines is 1. The quantitative estimate of drug-likeness (QED) is 0.801. The third-order valence-electron chi connectivity index (χ3n) is 2.47. The standard InChI is InChI=1S/C13H19N3O3/c1-9(2)6-15-12(17)8-16(3)11-5-4-10(7-14-11)13(18)19/h4-5,7,9H,6,8H2,1-3H3,(H,15,17)(H,18,19). The lowest BCUT2D eigenvalue weighted by Gasteiger charge is -2.18. The summed E-state index contributed by atoms with van der Waals surface area (Å²) in [5.41, 5.74) is 0.126. The fourth-order valence-corrected chi connectivity index (χ4v) is 1.41. The van der Waals surface area contributed by atoms with E-state index in [2.05, 4.69) is 10.3 Å². The summed E-state index contributed by atoms with van der Waals surface area (Å²) in [6.07, 6.45) is 1.28. The van der Waals surface area contributed by atoms with E-state index in [1.165, 1.54) is 12.3 Å². The highest BCUT2D eigenvalue weighted by atomic mass is 16.4. The normalized spacial score (nSPS) is 10.3. The molecule has 2 N–H and O–H groups in total. The van der Waals surface area contributed by atoms with Crippen LogP contribution in [0.15, 0.2) is 18.3 Å². The number of hydrogen-bond donors (Lipinski definition) is 2. The first kappa shape index (κ1) is 14.9. The van der Waals surface area contributed by atoms with Crippen molar-refractivity contribution in [3.63, 3.8) is 0 Å². The van der Waals surface area contributed by atoms with E-state index >= 15 is 0 Å². The molecule has 1 heterocycles. The first-order valence-corrected chi connectivity index (χ1v) is 6.07. The van der Waals surface area contributed by atoms with Crippen molar-refractivity contribution in [1.82, 2.24) is 10.3 Å². The minimum absolute atomic E-state index is 0.0830. The van der Waals surface area contributed by atoms with Crippen LogP contribution in [0, 0.1) is 5.92 Å². The van der Waals surface area contributed by atoms with Crippen LogP contribution < -0.4 is 10.2 Å². The lowest BCUT2D eigenvalue weighted by molar-refractivity contribution is -0.119. The number of carbonyl (C=O) groups excluding carboxylic acids is 1. The molecule has 19 heavy (non-hydrogen) atoms. The van der Waals surface area contributed by atoms with Crippen molar-refractivity contribution >= 4 is 17.7 Å². The molecule has 0 unspecified atom stereocenters. The van der Waals surface area contributed by atoms with Crippen molar-refractivity contribution in [2.45, 2.75) is 13.8 Å². The number of carbonyl (C=O) groups is 2. The predicted octanol–water partition coefficient (Wildman–Crippen LogP) is 0.988. The van der Waals surface area contributed by atoms with Gasteiger partial charge in [0, 0.05) is 19.8 Å². The van der Waals surface area contributed by atoms with Gasteiger partial charge in [-0.25, -0.2) is 9.78 Å². The van der Waals surface area contributed by atoms with Gasteiger partial charge in [0.05, 0.1) is 12.1 Å². The highest BCUT2D eigenvalue weighted by Gasteiger charge is 2.10. The topological polar surface area (TPSA) is 82.5 Å². The van der Waals surface area contributed by atoms with Crippen molar-refractivity contribution in [3.05, 3.63) is 23.9 Å². The number of pyridine rings is 1. The molecule has 0 spiro atoms. The zero-order chi connectivity index (χ0) is 14.4. The Morgan fingerprint density at radius 1 is 1.42 bits per heavy atom. The third-order valence-corrected chi connectivity index (χ3v) is 2.47. The molecule has 0 fully saturated rings. The van der Waals surface area contributed by atoms with E-state index in [4.69, 9.17) is 5.11 Å². The fraction of sp³-hybridized carbons (Fsp3) is 0.462. The number of aromatic nitrogens is 1. The predicted molar refractivity (Wildman–Crippen MR) is 72.3 cm³/mol. The highest BCUT2D eigenvalue weighted by molar-refractivity contribution is 5.87. The lowest BCUT2D eigenvalue weighted by atomic mass is 10.2. The molecule has 0 saturated carbocycles. The van der Waals surface area contributed by atoms with E-state index in [0.29, 0.717) is 18.3 Å². The van der Waals surface area contributed by atoms with E-state index < -0.39 is 5.97 Å². The van der Waals surface area contributed by atoms with Gasteiger partial charge in [-0.05, 0) is 18.1 Å². The SMILES string of the molecule is CC(C)CNC(=O)CN(C)c1ccc(C(=O)O)cn1. The summed E-state index contributed by atoms with van der Waals surface area (Å²) in [5.74, 6) is -0.136. The van der Waals surface area contributed by atoms with Crippen LogP contribution in [0.1, 0.15) is 24.2 Å². The number of nitrogens with one attached hydrogen (secondary N) is 1. The molecule has 0 aliphatic heterocycles. The van der Waals surface area contributed by atoms with Crippen LogP contribution in [-0.4, -0.2) is 42.1 Å². The Morgan fingerprint density at radius 2 is 2.11 bits per heavy atom. The van der Waals surface area contributed by atoms with Gasteiger partial charge in [-0.2, -0.15) is 0 Å². The molecule has 0 radical (unpaired) electrons. The monoisotopic (exact) mass is 265 g/mol. The molecule has 1 amide bonds. The number of aromatic carboxylic acids is 1. The van der Waals surface area contributed by atoms with Gasteiger partial charge >= 0.3 is 5.97 Å². The molecule has 0 atom stereocenters. The molecule has 104 valence electrons. The van der Waals surface area contributed by atoms with Crippen LogP contribution in [0.2, 0.25) is 0 Å². The van der Waals surface area contributed by atoms with Crippen LogP contribution in [0.25, 0.3) is 0 Å². The summed E-state index contributed by atoms with van der Waals surface area (Å²) in [5, 5.41) is 11.6. The van der Waals surface area contributed by atoms with Crippen molar-refractivity contribution in [3.8, 4) is 0 Å². The van der Waals surface area contributed by atoms with E-state index in [0.717, 1.165) is 0 Å². The maximum Gasteiger partial charge on any atom is 0.337 e. The summed E-state index contributed by atoms with van der Waals surface area (Å²) in [6, 6.07) is 3.05.